The summed E-state index contributed by atoms with van der Waals surface area (Å²) in [6, 6.07) is 8.20. The first-order valence-electron chi connectivity index (χ1n) is 7.20. The van der Waals surface area contributed by atoms with Crippen molar-refractivity contribution in [2.24, 2.45) is 0 Å². The molecule has 0 spiro atoms. The number of para-hydroxylation sites is 1. The first-order chi connectivity index (χ1) is 9.81. The Morgan fingerprint density at radius 3 is 3.00 bits per heavy atom. The van der Waals surface area contributed by atoms with Crippen molar-refractivity contribution in [3.63, 3.8) is 0 Å². The van der Waals surface area contributed by atoms with Crippen LogP contribution in [0.15, 0.2) is 30.5 Å². The molecule has 1 aromatic heterocycles. The molecule has 1 amide bonds. The minimum atomic E-state index is 0.0564. The monoisotopic (exact) mass is 274 g/mol. The van der Waals surface area contributed by atoms with E-state index in [1.54, 1.807) is 0 Å². The van der Waals surface area contributed by atoms with Crippen LogP contribution in [0.5, 0.6) is 0 Å². The molecule has 0 unspecified atom stereocenters. The molecule has 0 fully saturated rings. The molecule has 0 saturated carbocycles. The summed E-state index contributed by atoms with van der Waals surface area (Å²) in [5, 5.41) is 4.16. The normalized spacial score (nSPS) is 10.8. The van der Waals surface area contributed by atoms with Crippen LogP contribution in [0.25, 0.3) is 10.9 Å². The Bertz CT molecular complexity index is 548. The third-order valence-corrected chi connectivity index (χ3v) is 3.21. The topological polar surface area (TPSA) is 54.1 Å². The van der Waals surface area contributed by atoms with E-state index in [0.29, 0.717) is 19.6 Å². The Labute approximate surface area is 119 Å². The Kier molecular flexibility index (Phi) is 5.62. The van der Waals surface area contributed by atoms with Crippen LogP contribution in [0.1, 0.15) is 25.3 Å². The van der Waals surface area contributed by atoms with Crippen LogP contribution in [0.2, 0.25) is 0 Å². The number of rotatable bonds is 8. The van der Waals surface area contributed by atoms with Crippen molar-refractivity contribution in [1.29, 1.82) is 0 Å². The molecule has 0 atom stereocenters. The van der Waals surface area contributed by atoms with Gasteiger partial charge in [0, 0.05) is 36.7 Å². The van der Waals surface area contributed by atoms with Gasteiger partial charge in [-0.05, 0) is 24.5 Å². The number of aromatic nitrogens is 1. The van der Waals surface area contributed by atoms with Gasteiger partial charge < -0.3 is 15.0 Å². The molecule has 2 rings (SSSR count). The average molecular weight is 274 g/mol. The van der Waals surface area contributed by atoms with Gasteiger partial charge in [-0.2, -0.15) is 0 Å². The number of amides is 1. The van der Waals surface area contributed by atoms with E-state index in [2.05, 4.69) is 29.4 Å². The van der Waals surface area contributed by atoms with Crippen molar-refractivity contribution < 1.29 is 9.53 Å². The van der Waals surface area contributed by atoms with Gasteiger partial charge in [0.05, 0.1) is 6.61 Å². The lowest BCUT2D eigenvalue weighted by atomic mass is 10.1. The predicted octanol–water partition coefficient (Wildman–Crippen LogP) is 2.64. The van der Waals surface area contributed by atoms with E-state index in [-0.39, 0.29) is 5.91 Å². The van der Waals surface area contributed by atoms with Crippen LogP contribution < -0.4 is 5.32 Å². The van der Waals surface area contributed by atoms with E-state index in [9.17, 15) is 4.79 Å². The highest BCUT2D eigenvalue weighted by Crippen LogP contribution is 2.17. The minimum absolute atomic E-state index is 0.0564. The SMILES string of the molecule is CCCOCCC(=O)NCCc1c[nH]c2ccccc12. The van der Waals surface area contributed by atoms with Crippen molar-refractivity contribution in [2.75, 3.05) is 19.8 Å². The molecule has 0 saturated heterocycles. The third-order valence-electron chi connectivity index (χ3n) is 3.21. The largest absolute Gasteiger partial charge is 0.381 e. The van der Waals surface area contributed by atoms with Crippen LogP contribution in [-0.2, 0) is 16.0 Å². The Morgan fingerprint density at radius 2 is 2.15 bits per heavy atom. The number of carbonyl (C=O) groups is 1. The first kappa shape index (κ1) is 14.6. The highest BCUT2D eigenvalue weighted by molar-refractivity contribution is 5.83. The summed E-state index contributed by atoms with van der Waals surface area (Å²) in [6.45, 7) is 3.95. The van der Waals surface area contributed by atoms with Gasteiger partial charge in [0.2, 0.25) is 5.91 Å². The number of hydrogen-bond donors (Lipinski definition) is 2. The molecule has 108 valence electrons. The standard InChI is InChI=1S/C16H22N2O2/c1-2-10-20-11-8-16(19)17-9-7-13-12-18-15-6-4-3-5-14(13)15/h3-6,12,18H,2,7-11H2,1H3,(H,17,19). The van der Waals surface area contributed by atoms with Crippen LogP contribution in [-0.4, -0.2) is 30.6 Å². The zero-order chi connectivity index (χ0) is 14.2. The number of nitrogens with one attached hydrogen (secondary N) is 2. The van der Waals surface area contributed by atoms with E-state index in [4.69, 9.17) is 4.74 Å². The maximum Gasteiger partial charge on any atom is 0.222 e. The van der Waals surface area contributed by atoms with Crippen LogP contribution in [0.4, 0.5) is 0 Å². The quantitative estimate of drug-likeness (QED) is 0.727. The molecule has 4 nitrogen and oxygen atoms in total. The minimum Gasteiger partial charge on any atom is -0.381 e. The number of aromatic amines is 1. The molecular weight excluding hydrogens is 252 g/mol. The lowest BCUT2D eigenvalue weighted by molar-refractivity contribution is -0.122. The summed E-state index contributed by atoms with van der Waals surface area (Å²) in [5.74, 6) is 0.0564. The summed E-state index contributed by atoms with van der Waals surface area (Å²) < 4.78 is 5.30. The molecule has 0 aliphatic heterocycles. The molecular formula is C16H22N2O2. The number of benzene rings is 1. The van der Waals surface area contributed by atoms with Crippen molar-refractivity contribution in [2.45, 2.75) is 26.2 Å². The van der Waals surface area contributed by atoms with Gasteiger partial charge in [-0.15, -0.1) is 0 Å². The van der Waals surface area contributed by atoms with E-state index < -0.39 is 0 Å². The van der Waals surface area contributed by atoms with Crippen molar-refractivity contribution in [1.82, 2.24) is 10.3 Å². The zero-order valence-corrected chi connectivity index (χ0v) is 11.9. The maximum atomic E-state index is 11.6. The second-order valence-corrected chi connectivity index (χ2v) is 4.82. The number of carbonyl (C=O) groups excluding carboxylic acids is 1. The highest BCUT2D eigenvalue weighted by atomic mass is 16.5. The predicted molar refractivity (Wildman–Crippen MR) is 80.7 cm³/mol. The molecule has 1 aromatic carbocycles. The maximum absolute atomic E-state index is 11.6. The van der Waals surface area contributed by atoms with Gasteiger partial charge in [0.15, 0.2) is 0 Å². The summed E-state index contributed by atoms with van der Waals surface area (Å²) in [4.78, 5) is 14.8. The lowest BCUT2D eigenvalue weighted by Gasteiger charge is -2.05. The number of H-pyrrole nitrogens is 1. The molecule has 1 heterocycles. The van der Waals surface area contributed by atoms with Gasteiger partial charge >= 0.3 is 0 Å². The van der Waals surface area contributed by atoms with Crippen LogP contribution in [0.3, 0.4) is 0 Å². The van der Waals surface area contributed by atoms with Crippen LogP contribution >= 0.6 is 0 Å². The number of hydrogen-bond acceptors (Lipinski definition) is 2. The highest BCUT2D eigenvalue weighted by Gasteiger charge is 2.04. The molecule has 2 aromatic rings. The van der Waals surface area contributed by atoms with Gasteiger partial charge in [-0.1, -0.05) is 25.1 Å². The molecule has 0 bridgehead atoms. The Hall–Kier alpha value is -1.81. The number of ether oxygens (including phenoxy) is 1. The fourth-order valence-corrected chi connectivity index (χ4v) is 2.17. The fourth-order valence-electron chi connectivity index (χ4n) is 2.17. The summed E-state index contributed by atoms with van der Waals surface area (Å²) in [7, 11) is 0. The van der Waals surface area contributed by atoms with Crippen LogP contribution in [0, 0.1) is 0 Å². The lowest BCUT2D eigenvalue weighted by Crippen LogP contribution is -2.26. The van der Waals surface area contributed by atoms with Crippen molar-refractivity contribution >= 4 is 16.8 Å². The smallest absolute Gasteiger partial charge is 0.222 e. The van der Waals surface area contributed by atoms with E-state index in [1.165, 1.54) is 10.9 Å². The molecule has 20 heavy (non-hydrogen) atoms. The van der Waals surface area contributed by atoms with E-state index in [1.807, 2.05) is 18.3 Å². The second-order valence-electron chi connectivity index (χ2n) is 4.82. The van der Waals surface area contributed by atoms with Gasteiger partial charge in [-0.25, -0.2) is 0 Å². The van der Waals surface area contributed by atoms with Gasteiger partial charge in [0.25, 0.3) is 0 Å². The van der Waals surface area contributed by atoms with Crippen molar-refractivity contribution in [3.05, 3.63) is 36.0 Å². The third kappa shape index (κ3) is 4.10. The summed E-state index contributed by atoms with van der Waals surface area (Å²) in [5.41, 5.74) is 2.38. The van der Waals surface area contributed by atoms with E-state index >= 15 is 0 Å². The Morgan fingerprint density at radius 1 is 1.30 bits per heavy atom. The molecule has 0 aliphatic rings. The second kappa shape index (κ2) is 7.70. The Balaban J connectivity index is 1.71. The fraction of sp³-hybridized carbons (Fsp3) is 0.438. The first-order valence-corrected chi connectivity index (χ1v) is 7.20. The summed E-state index contributed by atoms with van der Waals surface area (Å²) >= 11 is 0. The number of fused-ring (bicyclic) bond motifs is 1. The molecule has 0 radical (unpaired) electrons. The van der Waals surface area contributed by atoms with Crippen molar-refractivity contribution in [3.8, 4) is 0 Å². The molecule has 2 N–H and O–H groups in total. The summed E-state index contributed by atoms with van der Waals surface area (Å²) in [6.07, 6.45) is 4.28. The molecule has 4 heteroatoms. The van der Waals surface area contributed by atoms with Gasteiger partial charge in [-0.3, -0.25) is 4.79 Å². The molecule has 0 aliphatic carbocycles. The average Bonchev–Trinajstić information content (AvgIpc) is 2.87. The zero-order valence-electron chi connectivity index (χ0n) is 11.9. The van der Waals surface area contributed by atoms with Gasteiger partial charge in [0.1, 0.15) is 0 Å². The van der Waals surface area contributed by atoms with E-state index in [0.717, 1.165) is 25.0 Å².